The summed E-state index contributed by atoms with van der Waals surface area (Å²) in [5, 5.41) is 2.84. The molecule has 1 amide bonds. The average Bonchev–Trinajstić information content (AvgIpc) is 3.04. The molecule has 0 aromatic heterocycles. The second-order valence-electron chi connectivity index (χ2n) is 8.36. The van der Waals surface area contributed by atoms with Gasteiger partial charge in [0, 0.05) is 49.9 Å². The lowest BCUT2D eigenvalue weighted by Crippen LogP contribution is -2.45. The van der Waals surface area contributed by atoms with Gasteiger partial charge in [0.2, 0.25) is 5.91 Å². The molecule has 31 heavy (non-hydrogen) atoms. The number of carbonyl (C=O) groups excluding carboxylic acids is 1. The Morgan fingerprint density at radius 1 is 1.06 bits per heavy atom. The number of fused-ring (bicyclic) bond motifs is 3. The van der Waals surface area contributed by atoms with Crippen LogP contribution in [0.5, 0.6) is 0 Å². The van der Waals surface area contributed by atoms with Crippen LogP contribution >= 0.6 is 12.4 Å². The lowest BCUT2D eigenvalue weighted by Gasteiger charge is -2.39. The van der Waals surface area contributed by atoms with E-state index in [4.69, 9.17) is 0 Å². The number of unbranched alkanes of at least 4 members (excludes halogenated alkanes) is 2. The van der Waals surface area contributed by atoms with E-state index in [2.05, 4.69) is 15.1 Å². The van der Waals surface area contributed by atoms with Crippen molar-refractivity contribution in [3.05, 3.63) is 59.7 Å². The number of piperidine rings is 1. The zero-order chi connectivity index (χ0) is 21.1. The van der Waals surface area contributed by atoms with Crippen molar-refractivity contribution < 1.29 is 13.6 Å². The lowest BCUT2D eigenvalue weighted by molar-refractivity contribution is -0.118. The van der Waals surface area contributed by atoms with E-state index >= 15 is 0 Å². The average molecular weight is 450 g/mol. The highest BCUT2D eigenvalue weighted by Gasteiger charge is 2.42. The minimum atomic E-state index is -0.248. The summed E-state index contributed by atoms with van der Waals surface area (Å²) in [6.45, 7) is 5.21. The second kappa shape index (κ2) is 10.4. The monoisotopic (exact) mass is 449 g/mol. The first-order valence-corrected chi connectivity index (χ1v) is 10.8. The van der Waals surface area contributed by atoms with Gasteiger partial charge in [0.15, 0.2) is 0 Å². The summed E-state index contributed by atoms with van der Waals surface area (Å²) in [6, 6.07) is 11.9. The zero-order valence-corrected chi connectivity index (χ0v) is 18.6. The highest BCUT2D eigenvalue weighted by molar-refractivity contribution is 5.85. The SMILES string of the molecule is CC(=O)NCCCCCN1CC[C@@H]2C(C1)c1cc(F)ccc1N2c1ccc(F)cc1.Cl. The molecule has 4 nitrogen and oxygen atoms in total. The van der Waals surface area contributed by atoms with E-state index in [9.17, 15) is 13.6 Å². The number of benzene rings is 2. The van der Waals surface area contributed by atoms with Crippen LogP contribution in [0.1, 0.15) is 44.1 Å². The molecular weight excluding hydrogens is 420 g/mol. The van der Waals surface area contributed by atoms with Crippen LogP contribution in [0.3, 0.4) is 0 Å². The maximum Gasteiger partial charge on any atom is 0.216 e. The van der Waals surface area contributed by atoms with Crippen molar-refractivity contribution in [1.29, 1.82) is 0 Å². The van der Waals surface area contributed by atoms with Crippen LogP contribution in [0.25, 0.3) is 0 Å². The third kappa shape index (κ3) is 5.36. The maximum atomic E-state index is 14.1. The number of nitrogens with one attached hydrogen (secondary N) is 1. The number of nitrogens with zero attached hydrogens (tertiary/aromatic N) is 2. The number of anilines is 2. The predicted octanol–water partition coefficient (Wildman–Crippen LogP) is 5.00. The van der Waals surface area contributed by atoms with Crippen molar-refractivity contribution in [3.8, 4) is 0 Å². The number of likely N-dealkylation sites (tertiary alicyclic amines) is 1. The molecule has 7 heteroatoms. The first-order valence-electron chi connectivity index (χ1n) is 10.8. The summed E-state index contributed by atoms with van der Waals surface area (Å²) in [5.74, 6) is -0.186. The Morgan fingerprint density at radius 3 is 2.55 bits per heavy atom. The molecule has 168 valence electrons. The van der Waals surface area contributed by atoms with Gasteiger partial charge in [-0.3, -0.25) is 4.79 Å². The summed E-state index contributed by atoms with van der Waals surface area (Å²) in [6.07, 6.45) is 4.16. The maximum absolute atomic E-state index is 14.1. The molecule has 0 saturated carbocycles. The number of rotatable bonds is 7. The molecule has 2 aliphatic heterocycles. The predicted molar refractivity (Wildman–Crippen MR) is 122 cm³/mol. The molecule has 2 atom stereocenters. The van der Waals surface area contributed by atoms with Gasteiger partial charge in [0.05, 0.1) is 0 Å². The number of halogens is 3. The molecule has 4 rings (SSSR count). The third-order valence-electron chi connectivity index (χ3n) is 6.27. The minimum absolute atomic E-state index is 0. The Balaban J connectivity index is 0.00000272. The van der Waals surface area contributed by atoms with Gasteiger partial charge in [0.1, 0.15) is 11.6 Å². The summed E-state index contributed by atoms with van der Waals surface area (Å²) < 4.78 is 27.5. The fraction of sp³-hybridized carbons (Fsp3) is 0.458. The van der Waals surface area contributed by atoms with Crippen molar-refractivity contribution >= 4 is 29.7 Å². The highest BCUT2D eigenvalue weighted by atomic mass is 35.5. The van der Waals surface area contributed by atoms with Crippen molar-refractivity contribution in [2.24, 2.45) is 0 Å². The first kappa shape index (κ1) is 23.5. The molecule has 1 N–H and O–H groups in total. The molecule has 0 radical (unpaired) electrons. The van der Waals surface area contributed by atoms with E-state index in [1.54, 1.807) is 13.0 Å². The molecule has 2 aromatic carbocycles. The Morgan fingerprint density at radius 2 is 1.81 bits per heavy atom. The van der Waals surface area contributed by atoms with Crippen molar-refractivity contribution in [1.82, 2.24) is 10.2 Å². The van der Waals surface area contributed by atoms with Gasteiger partial charge in [-0.1, -0.05) is 6.42 Å². The molecule has 2 aliphatic rings. The summed E-state index contributed by atoms with van der Waals surface area (Å²) >= 11 is 0. The molecule has 1 fully saturated rings. The van der Waals surface area contributed by atoms with Crippen LogP contribution < -0.4 is 10.2 Å². The number of carbonyl (C=O) groups is 1. The van der Waals surface area contributed by atoms with E-state index < -0.39 is 0 Å². The summed E-state index contributed by atoms with van der Waals surface area (Å²) in [4.78, 5) is 15.7. The Labute approximate surface area is 189 Å². The minimum Gasteiger partial charge on any atom is -0.356 e. The fourth-order valence-corrected chi connectivity index (χ4v) is 4.88. The molecular formula is C24H30ClF2N3O. The largest absolute Gasteiger partial charge is 0.356 e. The molecule has 1 unspecified atom stereocenters. The van der Waals surface area contributed by atoms with Crippen molar-refractivity contribution in [2.45, 2.75) is 44.6 Å². The van der Waals surface area contributed by atoms with Crippen LogP contribution in [0.15, 0.2) is 42.5 Å². The van der Waals surface area contributed by atoms with Crippen LogP contribution in [-0.2, 0) is 4.79 Å². The number of amides is 1. The van der Waals surface area contributed by atoms with Gasteiger partial charge in [-0.25, -0.2) is 8.78 Å². The van der Waals surface area contributed by atoms with E-state index in [0.717, 1.165) is 68.8 Å². The molecule has 2 heterocycles. The highest BCUT2D eigenvalue weighted by Crippen LogP contribution is 2.48. The number of hydrogen-bond donors (Lipinski definition) is 1. The number of hydrogen-bond acceptors (Lipinski definition) is 3. The van der Waals surface area contributed by atoms with E-state index in [0.29, 0.717) is 0 Å². The zero-order valence-electron chi connectivity index (χ0n) is 17.8. The summed E-state index contributed by atoms with van der Waals surface area (Å²) in [7, 11) is 0. The Hall–Kier alpha value is -2.18. The van der Waals surface area contributed by atoms with Gasteiger partial charge < -0.3 is 15.1 Å². The molecule has 0 bridgehead atoms. The van der Waals surface area contributed by atoms with Gasteiger partial charge in [-0.15, -0.1) is 12.4 Å². The van der Waals surface area contributed by atoms with E-state index in [1.165, 1.54) is 18.2 Å². The van der Waals surface area contributed by atoms with Crippen LogP contribution in [-0.4, -0.2) is 43.0 Å². The van der Waals surface area contributed by atoms with Gasteiger partial charge >= 0.3 is 0 Å². The van der Waals surface area contributed by atoms with E-state index in [1.807, 2.05) is 18.2 Å². The standard InChI is InChI=1S/C24H29F2N3O.ClH/c1-17(30)27-12-3-2-4-13-28-14-11-24-22(16-28)21-15-19(26)7-10-23(21)29(24)20-8-5-18(25)6-9-20;/h5-10,15,22,24H,2-4,11-14,16H2,1H3,(H,27,30);1H/t22?,24-;/m1./s1. The molecule has 0 aliphatic carbocycles. The van der Waals surface area contributed by atoms with Gasteiger partial charge in [-0.05, 0) is 73.8 Å². The third-order valence-corrected chi connectivity index (χ3v) is 6.27. The lowest BCUT2D eigenvalue weighted by atomic mass is 9.89. The second-order valence-corrected chi connectivity index (χ2v) is 8.36. The smallest absolute Gasteiger partial charge is 0.216 e. The van der Waals surface area contributed by atoms with Crippen LogP contribution in [0.4, 0.5) is 20.2 Å². The molecule has 1 saturated heterocycles. The van der Waals surface area contributed by atoms with Crippen LogP contribution in [0, 0.1) is 11.6 Å². The van der Waals surface area contributed by atoms with Crippen molar-refractivity contribution in [3.63, 3.8) is 0 Å². The fourth-order valence-electron chi connectivity index (χ4n) is 4.88. The Kier molecular flexibility index (Phi) is 7.89. The first-order chi connectivity index (χ1) is 14.5. The normalized spacial score (nSPS) is 20.0. The topological polar surface area (TPSA) is 35.6 Å². The van der Waals surface area contributed by atoms with Crippen molar-refractivity contribution in [2.75, 3.05) is 31.1 Å². The molecule has 0 spiro atoms. The van der Waals surface area contributed by atoms with E-state index in [-0.39, 0.29) is 41.9 Å². The quantitative estimate of drug-likeness (QED) is 0.604. The Bertz CT molecular complexity index is 893. The summed E-state index contributed by atoms with van der Waals surface area (Å²) in [5.41, 5.74) is 3.05. The molecule has 2 aromatic rings. The van der Waals surface area contributed by atoms with Crippen LogP contribution in [0.2, 0.25) is 0 Å². The van der Waals surface area contributed by atoms with Gasteiger partial charge in [-0.2, -0.15) is 0 Å². The van der Waals surface area contributed by atoms with Gasteiger partial charge in [0.25, 0.3) is 0 Å².